The van der Waals surface area contributed by atoms with Crippen molar-refractivity contribution < 1.29 is 0 Å². The number of fused-ring (bicyclic) bond motifs is 1. The number of allylic oxidation sites excluding steroid dienone is 1. The summed E-state index contributed by atoms with van der Waals surface area (Å²) in [6, 6.07) is 8.45. The van der Waals surface area contributed by atoms with Crippen LogP contribution in [0.1, 0.15) is 19.4 Å². The minimum Gasteiger partial charge on any atom is -0.329 e. The zero-order valence-electron chi connectivity index (χ0n) is 7.87. The third kappa shape index (κ3) is 1.73. The summed E-state index contributed by atoms with van der Waals surface area (Å²) in [5.41, 5.74) is 2.64. The van der Waals surface area contributed by atoms with Crippen LogP contribution in [-0.4, -0.2) is 0 Å². The van der Waals surface area contributed by atoms with Gasteiger partial charge in [0.2, 0.25) is 0 Å². The smallest absolute Gasteiger partial charge is 0.0357 e. The van der Waals surface area contributed by atoms with E-state index in [1.54, 1.807) is 11.9 Å². The highest BCUT2D eigenvalue weighted by atomic mass is 32.2. The third-order valence-electron chi connectivity index (χ3n) is 2.13. The maximum Gasteiger partial charge on any atom is 0.0357 e. The Bertz CT molecular complexity index is 342. The average Bonchev–Trinajstić information content (AvgIpc) is 2.17. The normalized spacial score (nSPS) is 14.8. The molecule has 68 valence electrons. The van der Waals surface area contributed by atoms with Gasteiger partial charge in [-0.25, -0.2) is 0 Å². The van der Waals surface area contributed by atoms with E-state index in [0.717, 1.165) is 0 Å². The Labute approximate surface area is 83.4 Å². The predicted molar refractivity (Wildman–Crippen MR) is 58.2 cm³/mol. The molecule has 0 unspecified atom stereocenters. The van der Waals surface area contributed by atoms with Crippen LogP contribution < -0.4 is 4.72 Å². The summed E-state index contributed by atoms with van der Waals surface area (Å²) < 4.78 is 3.35. The van der Waals surface area contributed by atoms with Crippen LogP contribution in [0.3, 0.4) is 0 Å². The Morgan fingerprint density at radius 2 is 2.00 bits per heavy atom. The number of rotatable bonds is 1. The summed E-state index contributed by atoms with van der Waals surface area (Å²) in [6.07, 6.45) is 2.23. The Balaban J connectivity index is 2.38. The first-order valence-electron chi connectivity index (χ1n) is 4.51. The van der Waals surface area contributed by atoms with Gasteiger partial charge in [0.15, 0.2) is 0 Å². The van der Waals surface area contributed by atoms with Gasteiger partial charge >= 0.3 is 0 Å². The molecule has 0 amide bonds. The molecule has 0 spiro atoms. The van der Waals surface area contributed by atoms with Crippen LogP contribution >= 0.6 is 11.9 Å². The van der Waals surface area contributed by atoms with Gasteiger partial charge in [0, 0.05) is 10.6 Å². The fourth-order valence-corrected chi connectivity index (χ4v) is 2.20. The van der Waals surface area contributed by atoms with Gasteiger partial charge < -0.3 is 4.72 Å². The molecule has 0 aromatic heterocycles. The van der Waals surface area contributed by atoms with Crippen molar-refractivity contribution in [2.45, 2.75) is 18.7 Å². The number of nitrogens with one attached hydrogen (secondary N) is 1. The minimum absolute atomic E-state index is 0.570. The molecule has 2 rings (SSSR count). The molecule has 1 heterocycles. The monoisotopic (exact) mass is 191 g/mol. The molecule has 1 aromatic carbocycles. The van der Waals surface area contributed by atoms with Gasteiger partial charge in [-0.3, -0.25) is 0 Å². The first-order valence-corrected chi connectivity index (χ1v) is 5.32. The summed E-state index contributed by atoms with van der Waals surface area (Å²) >= 11 is 1.71. The zero-order valence-corrected chi connectivity index (χ0v) is 8.69. The van der Waals surface area contributed by atoms with Crippen LogP contribution in [0.4, 0.5) is 0 Å². The standard InChI is InChI=1S/C11H13NS/c1-8(2)10-7-9-5-3-4-6-11(9)13-12-10/h3-8,12H,1-2H3. The molecule has 0 aliphatic carbocycles. The van der Waals surface area contributed by atoms with Gasteiger partial charge in [0.1, 0.15) is 0 Å². The summed E-state index contributed by atoms with van der Waals surface area (Å²) in [6.45, 7) is 4.40. The first-order chi connectivity index (χ1) is 6.27. The molecule has 1 nitrogen and oxygen atoms in total. The second-order valence-electron chi connectivity index (χ2n) is 3.50. The maximum atomic E-state index is 3.35. The van der Waals surface area contributed by atoms with Crippen molar-refractivity contribution in [1.29, 1.82) is 0 Å². The molecule has 0 fully saturated rings. The van der Waals surface area contributed by atoms with Crippen molar-refractivity contribution >= 4 is 18.0 Å². The van der Waals surface area contributed by atoms with Crippen molar-refractivity contribution in [3.8, 4) is 0 Å². The molecule has 13 heavy (non-hydrogen) atoms. The van der Waals surface area contributed by atoms with Gasteiger partial charge in [-0.2, -0.15) is 0 Å². The van der Waals surface area contributed by atoms with Gasteiger partial charge in [0.25, 0.3) is 0 Å². The first kappa shape index (κ1) is 8.70. The van der Waals surface area contributed by atoms with Crippen LogP contribution in [0.2, 0.25) is 0 Å². The van der Waals surface area contributed by atoms with Crippen LogP contribution in [0.25, 0.3) is 6.08 Å². The molecule has 1 N–H and O–H groups in total. The molecular weight excluding hydrogens is 178 g/mol. The fraction of sp³-hybridized carbons (Fsp3) is 0.273. The highest BCUT2D eigenvalue weighted by Crippen LogP contribution is 2.29. The molecule has 1 aliphatic heterocycles. The highest BCUT2D eigenvalue weighted by molar-refractivity contribution is 7.97. The number of hydrogen-bond donors (Lipinski definition) is 1. The molecule has 0 saturated carbocycles. The molecule has 2 heteroatoms. The minimum atomic E-state index is 0.570. The lowest BCUT2D eigenvalue weighted by molar-refractivity contribution is 0.743. The second-order valence-corrected chi connectivity index (χ2v) is 4.34. The quantitative estimate of drug-likeness (QED) is 0.684. The van der Waals surface area contributed by atoms with Crippen LogP contribution in [-0.2, 0) is 0 Å². The molecule has 0 saturated heterocycles. The van der Waals surface area contributed by atoms with E-state index in [1.807, 2.05) is 0 Å². The number of benzene rings is 1. The van der Waals surface area contributed by atoms with E-state index >= 15 is 0 Å². The Morgan fingerprint density at radius 1 is 1.23 bits per heavy atom. The lowest BCUT2D eigenvalue weighted by Crippen LogP contribution is -2.12. The van der Waals surface area contributed by atoms with E-state index in [-0.39, 0.29) is 0 Å². The van der Waals surface area contributed by atoms with Crippen molar-refractivity contribution in [2.75, 3.05) is 0 Å². The topological polar surface area (TPSA) is 12.0 Å². The van der Waals surface area contributed by atoms with E-state index < -0.39 is 0 Å². The number of hydrogen-bond acceptors (Lipinski definition) is 2. The van der Waals surface area contributed by atoms with Crippen molar-refractivity contribution in [1.82, 2.24) is 4.72 Å². The lowest BCUT2D eigenvalue weighted by Gasteiger charge is -2.19. The fourth-order valence-electron chi connectivity index (χ4n) is 1.29. The van der Waals surface area contributed by atoms with E-state index in [2.05, 4.69) is 48.9 Å². The molecule has 1 aliphatic rings. The largest absolute Gasteiger partial charge is 0.329 e. The van der Waals surface area contributed by atoms with Crippen LogP contribution in [0.15, 0.2) is 34.9 Å². The van der Waals surface area contributed by atoms with Crippen LogP contribution in [0, 0.1) is 5.92 Å². The van der Waals surface area contributed by atoms with E-state index in [1.165, 1.54) is 16.2 Å². The highest BCUT2D eigenvalue weighted by Gasteiger charge is 2.11. The molecule has 0 radical (unpaired) electrons. The summed E-state index contributed by atoms with van der Waals surface area (Å²) in [7, 11) is 0. The molecule has 1 aromatic rings. The van der Waals surface area contributed by atoms with Crippen molar-refractivity contribution in [2.24, 2.45) is 5.92 Å². The predicted octanol–water partition coefficient (Wildman–Crippen LogP) is 3.29. The van der Waals surface area contributed by atoms with Gasteiger partial charge in [-0.05, 0) is 35.6 Å². The summed E-state index contributed by atoms with van der Waals surface area (Å²) in [4.78, 5) is 1.31. The Morgan fingerprint density at radius 3 is 2.77 bits per heavy atom. The maximum absolute atomic E-state index is 3.35. The van der Waals surface area contributed by atoms with E-state index in [4.69, 9.17) is 0 Å². The Hall–Kier alpha value is -0.890. The SMILES string of the molecule is CC(C)C1=Cc2ccccc2SN1. The van der Waals surface area contributed by atoms with Gasteiger partial charge in [-0.1, -0.05) is 32.0 Å². The van der Waals surface area contributed by atoms with Crippen molar-refractivity contribution in [3.63, 3.8) is 0 Å². The van der Waals surface area contributed by atoms with Gasteiger partial charge in [0.05, 0.1) is 0 Å². The third-order valence-corrected chi connectivity index (χ3v) is 3.06. The molecule has 0 atom stereocenters. The van der Waals surface area contributed by atoms with E-state index in [0.29, 0.717) is 5.92 Å². The summed E-state index contributed by atoms with van der Waals surface area (Å²) in [5, 5.41) is 0. The second kappa shape index (κ2) is 3.46. The van der Waals surface area contributed by atoms with E-state index in [9.17, 15) is 0 Å². The average molecular weight is 191 g/mol. The lowest BCUT2D eigenvalue weighted by atomic mass is 10.1. The molecule has 0 bridgehead atoms. The van der Waals surface area contributed by atoms with Gasteiger partial charge in [-0.15, -0.1) is 0 Å². The summed E-state index contributed by atoms with van der Waals surface area (Å²) in [5.74, 6) is 0.570. The Kier molecular flexibility index (Phi) is 2.32. The molecular formula is C11H13NS. The van der Waals surface area contributed by atoms with Crippen molar-refractivity contribution in [3.05, 3.63) is 35.5 Å². The zero-order chi connectivity index (χ0) is 9.26. The van der Waals surface area contributed by atoms with Crippen LogP contribution in [0.5, 0.6) is 0 Å².